The predicted octanol–water partition coefficient (Wildman–Crippen LogP) is 1.04. The van der Waals surface area contributed by atoms with Crippen molar-refractivity contribution in [2.75, 3.05) is 13.2 Å². The minimum Gasteiger partial charge on any atom is -0.463 e. The Morgan fingerprint density at radius 2 is 2.05 bits per heavy atom. The fraction of sp³-hybridized carbons (Fsp3) is 0.400. The molecule has 2 atom stereocenters. The normalized spacial score (nSPS) is 14.2. The molecule has 2 N–H and O–H groups in total. The van der Waals surface area contributed by atoms with Crippen LogP contribution in [0.15, 0.2) is 42.5 Å². The van der Waals surface area contributed by atoms with Gasteiger partial charge in [0.15, 0.2) is 0 Å². The lowest BCUT2D eigenvalue weighted by Gasteiger charge is -2.18. The summed E-state index contributed by atoms with van der Waals surface area (Å²) < 4.78 is 10.2. The smallest absolute Gasteiger partial charge is 0.330 e. The van der Waals surface area contributed by atoms with Crippen molar-refractivity contribution in [1.82, 2.24) is 0 Å². The van der Waals surface area contributed by atoms with Gasteiger partial charge in [0.05, 0.1) is 19.8 Å². The van der Waals surface area contributed by atoms with Crippen molar-refractivity contribution in [1.29, 1.82) is 0 Å². The molecule has 0 heterocycles. The summed E-state index contributed by atoms with van der Waals surface area (Å²) in [7, 11) is 0. The second kappa shape index (κ2) is 9.25. The molecule has 0 bridgehead atoms. The molecule has 0 saturated carbocycles. The Balaban J connectivity index is 2.58. The Morgan fingerprint density at radius 3 is 2.65 bits per heavy atom. The van der Waals surface area contributed by atoms with E-state index in [1.807, 2.05) is 30.3 Å². The summed E-state index contributed by atoms with van der Waals surface area (Å²) in [5.74, 6) is -0.508. The van der Waals surface area contributed by atoms with Crippen molar-refractivity contribution in [3.05, 3.63) is 48.0 Å². The number of rotatable bonds is 8. The molecule has 0 aliphatic heterocycles. The monoisotopic (exact) mass is 280 g/mol. The molecule has 0 spiro atoms. The van der Waals surface area contributed by atoms with Gasteiger partial charge in [-0.05, 0) is 18.6 Å². The van der Waals surface area contributed by atoms with Crippen molar-refractivity contribution in [3.63, 3.8) is 0 Å². The summed E-state index contributed by atoms with van der Waals surface area (Å²) in [6, 6.07) is 9.42. The van der Waals surface area contributed by atoms with Crippen molar-refractivity contribution in [2.45, 2.75) is 25.7 Å². The van der Waals surface area contributed by atoms with Crippen LogP contribution in [-0.2, 0) is 20.9 Å². The molecular weight excluding hydrogens is 260 g/mol. The van der Waals surface area contributed by atoms with E-state index in [4.69, 9.17) is 14.6 Å². The summed E-state index contributed by atoms with van der Waals surface area (Å²) in [4.78, 5) is 11.2. The van der Waals surface area contributed by atoms with E-state index in [-0.39, 0.29) is 13.2 Å². The summed E-state index contributed by atoms with van der Waals surface area (Å²) in [5, 5.41) is 18.7. The number of esters is 1. The number of carbonyl (C=O) groups excluding carboxylic acids is 1. The second-order valence-electron chi connectivity index (χ2n) is 4.12. The first kappa shape index (κ1) is 16.4. The summed E-state index contributed by atoms with van der Waals surface area (Å²) in [6.45, 7) is 1.81. The molecule has 0 radical (unpaired) electrons. The van der Waals surface area contributed by atoms with E-state index in [0.717, 1.165) is 5.56 Å². The van der Waals surface area contributed by atoms with Crippen LogP contribution in [0.25, 0.3) is 0 Å². The number of aliphatic hydroxyl groups excluding tert-OH is 2. The van der Waals surface area contributed by atoms with Crippen LogP contribution in [0, 0.1) is 0 Å². The Labute approximate surface area is 118 Å². The zero-order chi connectivity index (χ0) is 14.8. The average molecular weight is 280 g/mol. The standard InChI is InChI=1S/C15H20O5/c1-2-19-15(18)9-8-14(13(17)10-16)20-11-12-6-4-3-5-7-12/h3-9,13-14,16-17H,2,10-11H2,1H3/b9-8+/t13-,14+/m1/s1. The SMILES string of the molecule is CCOC(=O)/C=C/[C@H](OCc1ccccc1)[C@H](O)CO. The second-order valence-corrected chi connectivity index (χ2v) is 4.12. The van der Waals surface area contributed by atoms with Gasteiger partial charge < -0.3 is 19.7 Å². The molecule has 0 fully saturated rings. The molecule has 5 heteroatoms. The summed E-state index contributed by atoms with van der Waals surface area (Å²) in [5.41, 5.74) is 0.937. The van der Waals surface area contributed by atoms with E-state index in [0.29, 0.717) is 0 Å². The Bertz CT molecular complexity index is 416. The first-order valence-electron chi connectivity index (χ1n) is 6.46. The molecule has 1 aromatic carbocycles. The molecule has 5 nitrogen and oxygen atoms in total. The first-order valence-corrected chi connectivity index (χ1v) is 6.46. The van der Waals surface area contributed by atoms with Gasteiger partial charge in [-0.25, -0.2) is 4.79 Å². The van der Waals surface area contributed by atoms with Gasteiger partial charge in [-0.15, -0.1) is 0 Å². The molecule has 20 heavy (non-hydrogen) atoms. The molecule has 0 unspecified atom stereocenters. The maximum Gasteiger partial charge on any atom is 0.330 e. The number of aliphatic hydroxyl groups is 2. The van der Waals surface area contributed by atoms with Gasteiger partial charge in [-0.2, -0.15) is 0 Å². The maximum absolute atomic E-state index is 11.2. The lowest BCUT2D eigenvalue weighted by molar-refractivity contribution is -0.137. The van der Waals surface area contributed by atoms with Gasteiger partial charge in [0.2, 0.25) is 0 Å². The van der Waals surface area contributed by atoms with Gasteiger partial charge in [-0.3, -0.25) is 0 Å². The van der Waals surface area contributed by atoms with Crippen molar-refractivity contribution < 1.29 is 24.5 Å². The van der Waals surface area contributed by atoms with E-state index < -0.39 is 24.8 Å². The Hall–Kier alpha value is -1.69. The highest BCUT2D eigenvalue weighted by Gasteiger charge is 2.16. The zero-order valence-electron chi connectivity index (χ0n) is 11.4. The number of ether oxygens (including phenoxy) is 2. The van der Waals surface area contributed by atoms with E-state index in [2.05, 4.69) is 0 Å². The van der Waals surface area contributed by atoms with Crippen molar-refractivity contribution in [2.24, 2.45) is 0 Å². The average Bonchev–Trinajstić information content (AvgIpc) is 2.48. The zero-order valence-corrected chi connectivity index (χ0v) is 11.4. The van der Waals surface area contributed by atoms with Gasteiger partial charge in [0.1, 0.15) is 12.2 Å². The Morgan fingerprint density at radius 1 is 1.35 bits per heavy atom. The predicted molar refractivity (Wildman–Crippen MR) is 73.9 cm³/mol. The molecule has 110 valence electrons. The lowest BCUT2D eigenvalue weighted by atomic mass is 10.2. The van der Waals surface area contributed by atoms with E-state index in [1.165, 1.54) is 12.2 Å². The van der Waals surface area contributed by atoms with Crippen LogP contribution in [0.3, 0.4) is 0 Å². The highest BCUT2D eigenvalue weighted by atomic mass is 16.5. The number of hydrogen-bond donors (Lipinski definition) is 2. The summed E-state index contributed by atoms with van der Waals surface area (Å²) in [6.07, 6.45) is 0.717. The van der Waals surface area contributed by atoms with Gasteiger partial charge in [0, 0.05) is 6.08 Å². The van der Waals surface area contributed by atoms with Crippen LogP contribution in [0.4, 0.5) is 0 Å². The van der Waals surface area contributed by atoms with Crippen molar-refractivity contribution in [3.8, 4) is 0 Å². The van der Waals surface area contributed by atoms with Crippen LogP contribution < -0.4 is 0 Å². The molecule has 0 saturated heterocycles. The van der Waals surface area contributed by atoms with Crippen LogP contribution in [0.1, 0.15) is 12.5 Å². The maximum atomic E-state index is 11.2. The molecule has 0 aliphatic carbocycles. The molecule has 0 aliphatic rings. The van der Waals surface area contributed by atoms with Gasteiger partial charge >= 0.3 is 5.97 Å². The van der Waals surface area contributed by atoms with Gasteiger partial charge in [0.25, 0.3) is 0 Å². The highest BCUT2D eigenvalue weighted by molar-refractivity contribution is 5.81. The molecular formula is C15H20O5. The molecule has 0 amide bonds. The van der Waals surface area contributed by atoms with Crippen LogP contribution in [0.2, 0.25) is 0 Å². The number of benzene rings is 1. The first-order chi connectivity index (χ1) is 9.67. The third-order valence-electron chi connectivity index (χ3n) is 2.56. The largest absolute Gasteiger partial charge is 0.463 e. The molecule has 0 aromatic heterocycles. The molecule has 1 aromatic rings. The van der Waals surface area contributed by atoms with E-state index >= 15 is 0 Å². The van der Waals surface area contributed by atoms with Gasteiger partial charge in [-0.1, -0.05) is 30.3 Å². The number of carbonyl (C=O) groups is 1. The minimum atomic E-state index is -1.09. The fourth-order valence-corrected chi connectivity index (χ4v) is 1.53. The lowest BCUT2D eigenvalue weighted by Crippen LogP contribution is -2.30. The van der Waals surface area contributed by atoms with Crippen LogP contribution in [0.5, 0.6) is 0 Å². The summed E-state index contributed by atoms with van der Waals surface area (Å²) >= 11 is 0. The highest BCUT2D eigenvalue weighted by Crippen LogP contribution is 2.08. The van der Waals surface area contributed by atoms with Crippen LogP contribution >= 0.6 is 0 Å². The quantitative estimate of drug-likeness (QED) is 0.550. The molecule has 1 rings (SSSR count). The van der Waals surface area contributed by atoms with E-state index in [9.17, 15) is 9.90 Å². The fourth-order valence-electron chi connectivity index (χ4n) is 1.53. The number of hydrogen-bond acceptors (Lipinski definition) is 5. The van der Waals surface area contributed by atoms with Crippen molar-refractivity contribution >= 4 is 5.97 Å². The van der Waals surface area contributed by atoms with Crippen LogP contribution in [-0.4, -0.2) is 41.6 Å². The third-order valence-corrected chi connectivity index (χ3v) is 2.56. The Kier molecular flexibility index (Phi) is 7.57. The minimum absolute atomic E-state index is 0.274. The van der Waals surface area contributed by atoms with E-state index in [1.54, 1.807) is 6.92 Å². The topological polar surface area (TPSA) is 76.0 Å². The third kappa shape index (κ3) is 5.97.